The second kappa shape index (κ2) is 10.3. The molecule has 2 aromatic rings. The van der Waals surface area contributed by atoms with Gasteiger partial charge in [-0.2, -0.15) is 13.2 Å². The Kier molecular flexibility index (Phi) is 7.47. The van der Waals surface area contributed by atoms with Crippen molar-refractivity contribution in [3.8, 4) is 0 Å². The molecule has 2 aromatic carbocycles. The molecule has 6 nitrogen and oxygen atoms in total. The fraction of sp³-hybridized carbons (Fsp3) is 0.273. The molecule has 0 aromatic heterocycles. The van der Waals surface area contributed by atoms with E-state index in [1.165, 1.54) is 36.4 Å². The van der Waals surface area contributed by atoms with Crippen LogP contribution in [-0.2, 0) is 25.2 Å². The first-order valence-corrected chi connectivity index (χ1v) is 9.66. The molecule has 0 atom stereocenters. The maximum Gasteiger partial charge on any atom is 0.416 e. The van der Waals surface area contributed by atoms with E-state index in [2.05, 4.69) is 5.32 Å². The minimum Gasteiger partial charge on any atom is -0.452 e. The lowest BCUT2D eigenvalue weighted by Crippen LogP contribution is -2.37. The van der Waals surface area contributed by atoms with Gasteiger partial charge in [-0.1, -0.05) is 12.1 Å². The number of hydrogen-bond donors (Lipinski definition) is 1. The number of esters is 1. The van der Waals surface area contributed by atoms with E-state index < -0.39 is 36.0 Å². The van der Waals surface area contributed by atoms with E-state index in [9.17, 15) is 27.2 Å². The average Bonchev–Trinajstić information content (AvgIpc) is 2.77. The van der Waals surface area contributed by atoms with Crippen LogP contribution in [0.1, 0.15) is 11.1 Å². The molecule has 1 aliphatic rings. The lowest BCUT2D eigenvalue weighted by Gasteiger charge is -2.31. The van der Waals surface area contributed by atoms with Crippen LogP contribution in [0.4, 0.5) is 28.9 Å². The van der Waals surface area contributed by atoms with Gasteiger partial charge in [0.05, 0.1) is 30.2 Å². The van der Waals surface area contributed by atoms with Crippen molar-refractivity contribution in [1.29, 1.82) is 0 Å². The molecule has 1 N–H and O–H groups in total. The average molecular weight is 452 g/mol. The Hall–Kier alpha value is -3.40. The van der Waals surface area contributed by atoms with Crippen LogP contribution in [0.5, 0.6) is 0 Å². The van der Waals surface area contributed by atoms with Crippen LogP contribution in [0.25, 0.3) is 6.08 Å². The third-order valence-corrected chi connectivity index (χ3v) is 4.58. The predicted octanol–water partition coefficient (Wildman–Crippen LogP) is 3.88. The molecule has 10 heteroatoms. The highest BCUT2D eigenvalue weighted by molar-refractivity contribution is 5.97. The molecule has 32 heavy (non-hydrogen) atoms. The number of halogens is 4. The largest absolute Gasteiger partial charge is 0.452 e. The Morgan fingerprint density at radius 1 is 1.09 bits per heavy atom. The number of nitrogens with zero attached hydrogens (tertiary/aromatic N) is 1. The normalized spacial score (nSPS) is 14.4. The Morgan fingerprint density at radius 2 is 1.78 bits per heavy atom. The first-order valence-electron chi connectivity index (χ1n) is 9.66. The second-order valence-corrected chi connectivity index (χ2v) is 6.87. The SMILES string of the molecule is O=C(COC(=O)/C=C/c1ccc(F)cc1)Nc1cc(C(F)(F)F)ccc1N1CCOCC1. The minimum atomic E-state index is -4.58. The van der Waals surface area contributed by atoms with Gasteiger partial charge in [-0.05, 0) is 42.0 Å². The van der Waals surface area contributed by atoms with Crippen molar-refractivity contribution in [3.63, 3.8) is 0 Å². The third kappa shape index (κ3) is 6.55. The summed E-state index contributed by atoms with van der Waals surface area (Å²) in [5.41, 5.74) is 0.0118. The molecule has 3 rings (SSSR count). The summed E-state index contributed by atoms with van der Waals surface area (Å²) >= 11 is 0. The van der Waals surface area contributed by atoms with E-state index in [4.69, 9.17) is 9.47 Å². The number of anilines is 2. The summed E-state index contributed by atoms with van der Waals surface area (Å²) in [6, 6.07) is 8.43. The van der Waals surface area contributed by atoms with Crippen LogP contribution in [0.2, 0.25) is 0 Å². The lowest BCUT2D eigenvalue weighted by molar-refractivity contribution is -0.142. The number of alkyl halides is 3. The maximum absolute atomic E-state index is 13.1. The molecule has 1 amide bonds. The van der Waals surface area contributed by atoms with Gasteiger partial charge in [-0.3, -0.25) is 4.79 Å². The molecule has 0 aliphatic carbocycles. The van der Waals surface area contributed by atoms with Gasteiger partial charge in [0.15, 0.2) is 6.61 Å². The van der Waals surface area contributed by atoms with Crippen LogP contribution in [0, 0.1) is 5.82 Å². The summed E-state index contributed by atoms with van der Waals surface area (Å²) in [5, 5.41) is 2.39. The summed E-state index contributed by atoms with van der Waals surface area (Å²) in [4.78, 5) is 25.9. The van der Waals surface area contributed by atoms with Gasteiger partial charge in [-0.25, -0.2) is 9.18 Å². The Bertz CT molecular complexity index is 984. The molecule has 1 aliphatic heterocycles. The van der Waals surface area contributed by atoms with Gasteiger partial charge >= 0.3 is 12.1 Å². The Balaban J connectivity index is 1.64. The lowest BCUT2D eigenvalue weighted by atomic mass is 10.1. The zero-order valence-corrected chi connectivity index (χ0v) is 16.8. The molecular weight excluding hydrogens is 432 g/mol. The zero-order valence-electron chi connectivity index (χ0n) is 16.8. The maximum atomic E-state index is 13.1. The van der Waals surface area contributed by atoms with Gasteiger partial charge in [0.25, 0.3) is 5.91 Å². The number of benzene rings is 2. The standard InChI is InChI=1S/C22H20F4N2O4/c23-17-5-1-15(2-6-17)3-8-21(30)32-14-20(29)27-18-13-16(22(24,25)26)4-7-19(18)28-9-11-31-12-10-28/h1-8,13H,9-12,14H2,(H,27,29)/b8-3+. The number of carbonyl (C=O) groups is 2. The van der Waals surface area contributed by atoms with Gasteiger partial charge in [-0.15, -0.1) is 0 Å². The zero-order chi connectivity index (χ0) is 23.1. The Labute approximate surface area is 181 Å². The smallest absolute Gasteiger partial charge is 0.416 e. The topological polar surface area (TPSA) is 67.9 Å². The van der Waals surface area contributed by atoms with Crippen LogP contribution >= 0.6 is 0 Å². The van der Waals surface area contributed by atoms with Crippen LogP contribution in [0.15, 0.2) is 48.5 Å². The fourth-order valence-electron chi connectivity index (χ4n) is 3.00. The highest BCUT2D eigenvalue weighted by Crippen LogP contribution is 2.35. The quantitative estimate of drug-likeness (QED) is 0.410. The molecule has 1 saturated heterocycles. The number of ether oxygens (including phenoxy) is 2. The molecule has 0 saturated carbocycles. The monoisotopic (exact) mass is 452 g/mol. The number of amides is 1. The predicted molar refractivity (Wildman–Crippen MR) is 109 cm³/mol. The van der Waals surface area contributed by atoms with E-state index >= 15 is 0 Å². The molecule has 0 unspecified atom stereocenters. The number of nitrogens with one attached hydrogen (secondary N) is 1. The first-order chi connectivity index (χ1) is 15.2. The number of morpholine rings is 1. The van der Waals surface area contributed by atoms with Gasteiger partial charge < -0.3 is 19.7 Å². The highest BCUT2D eigenvalue weighted by Gasteiger charge is 2.32. The molecule has 1 fully saturated rings. The van der Waals surface area contributed by atoms with Crippen LogP contribution < -0.4 is 10.2 Å². The van der Waals surface area contributed by atoms with Crippen molar-refractivity contribution in [1.82, 2.24) is 0 Å². The number of carbonyl (C=O) groups excluding carboxylic acids is 2. The molecule has 0 radical (unpaired) electrons. The van der Waals surface area contributed by atoms with E-state index in [0.717, 1.165) is 18.2 Å². The minimum absolute atomic E-state index is 0.0374. The fourth-order valence-corrected chi connectivity index (χ4v) is 3.00. The molecule has 0 spiro atoms. The van der Waals surface area contributed by atoms with E-state index in [0.29, 0.717) is 37.6 Å². The van der Waals surface area contributed by atoms with Crippen molar-refractivity contribution in [2.75, 3.05) is 43.1 Å². The van der Waals surface area contributed by atoms with E-state index in [-0.39, 0.29) is 5.69 Å². The second-order valence-electron chi connectivity index (χ2n) is 6.87. The van der Waals surface area contributed by atoms with Gasteiger partial charge in [0.1, 0.15) is 5.82 Å². The van der Waals surface area contributed by atoms with Gasteiger partial charge in [0.2, 0.25) is 0 Å². The van der Waals surface area contributed by atoms with E-state index in [1.807, 2.05) is 0 Å². The van der Waals surface area contributed by atoms with Crippen LogP contribution in [-0.4, -0.2) is 44.8 Å². The van der Waals surface area contributed by atoms with Crippen molar-refractivity contribution >= 4 is 29.3 Å². The summed E-state index contributed by atoms with van der Waals surface area (Å²) in [6.07, 6.45) is -2.15. The third-order valence-electron chi connectivity index (χ3n) is 4.58. The first kappa shape index (κ1) is 23.3. The Morgan fingerprint density at radius 3 is 2.44 bits per heavy atom. The summed E-state index contributed by atoms with van der Waals surface area (Å²) in [7, 11) is 0. The van der Waals surface area contributed by atoms with Crippen LogP contribution in [0.3, 0.4) is 0 Å². The molecule has 170 valence electrons. The van der Waals surface area contributed by atoms with E-state index in [1.54, 1.807) is 4.90 Å². The molecule has 0 bridgehead atoms. The molecular formula is C22H20F4N2O4. The van der Waals surface area contributed by atoms with Crippen molar-refractivity contribution < 1.29 is 36.6 Å². The summed E-state index contributed by atoms with van der Waals surface area (Å²) in [5.74, 6) is -2.04. The highest BCUT2D eigenvalue weighted by atomic mass is 19.4. The van der Waals surface area contributed by atoms with Crippen molar-refractivity contribution in [2.24, 2.45) is 0 Å². The van der Waals surface area contributed by atoms with Crippen molar-refractivity contribution in [2.45, 2.75) is 6.18 Å². The number of hydrogen-bond acceptors (Lipinski definition) is 5. The van der Waals surface area contributed by atoms with Crippen molar-refractivity contribution in [3.05, 3.63) is 65.5 Å². The molecule has 1 heterocycles. The van der Waals surface area contributed by atoms with Gasteiger partial charge in [0, 0.05) is 19.2 Å². The summed E-state index contributed by atoms with van der Waals surface area (Å²) in [6.45, 7) is 1.04. The number of rotatable bonds is 6. The summed E-state index contributed by atoms with van der Waals surface area (Å²) < 4.78 is 62.4.